The quantitative estimate of drug-likeness (QED) is 0.0243. The zero-order valence-corrected chi connectivity index (χ0v) is 53.4. The normalized spacial score (nSPS) is 13.8. The maximum Gasteiger partial charge on any atom is 0.472 e. The van der Waals surface area contributed by atoms with E-state index in [2.05, 4.69) is 43.5 Å². The molecule has 0 radical (unpaired) electrons. The molecule has 77 heavy (non-hydrogen) atoms. The number of unbranched alkanes of at least 4 members (excludes halogenated alkanes) is 47. The van der Waals surface area contributed by atoms with Crippen molar-refractivity contribution in [3.05, 3.63) is 24.3 Å². The first-order chi connectivity index (χ1) is 37.5. The average molecular weight is 1110 g/mol. The number of nitrogens with zero attached hydrogens (tertiary/aromatic N) is 1. The van der Waals surface area contributed by atoms with Gasteiger partial charge in [-0.1, -0.05) is 327 Å². The molecule has 8 nitrogen and oxygen atoms in total. The average Bonchev–Trinajstić information content (AvgIpc) is 3.39. The summed E-state index contributed by atoms with van der Waals surface area (Å²) in [6.07, 6.45) is 77.0. The topological polar surface area (TPSA) is 105 Å². The fraction of sp³-hybridized carbons (Fsp3) is 0.926. The monoisotopic (exact) mass is 1110 g/mol. The minimum atomic E-state index is -4.33. The lowest BCUT2D eigenvalue weighted by atomic mass is 10.0. The molecule has 0 spiro atoms. The fourth-order valence-electron chi connectivity index (χ4n) is 10.6. The number of allylic oxidation sites excluding steroid dienone is 4. The van der Waals surface area contributed by atoms with Crippen molar-refractivity contribution in [2.45, 2.75) is 366 Å². The fourth-order valence-corrected chi connectivity index (χ4v) is 11.3. The molecular weight excluding hydrogens is 972 g/mol. The minimum absolute atomic E-state index is 0.0772. The van der Waals surface area contributed by atoms with E-state index in [1.165, 1.54) is 283 Å². The van der Waals surface area contributed by atoms with Crippen LogP contribution in [0.1, 0.15) is 354 Å². The van der Waals surface area contributed by atoms with Crippen LogP contribution in [0, 0.1) is 0 Å². The van der Waals surface area contributed by atoms with E-state index in [-0.39, 0.29) is 19.1 Å². The lowest BCUT2D eigenvalue weighted by Gasteiger charge is -2.26. The molecule has 1 amide bonds. The van der Waals surface area contributed by atoms with E-state index in [9.17, 15) is 19.4 Å². The van der Waals surface area contributed by atoms with Crippen LogP contribution in [0.25, 0.3) is 0 Å². The molecule has 0 aromatic carbocycles. The van der Waals surface area contributed by atoms with Crippen LogP contribution in [0.3, 0.4) is 0 Å². The van der Waals surface area contributed by atoms with Crippen LogP contribution in [-0.2, 0) is 18.4 Å². The summed E-state index contributed by atoms with van der Waals surface area (Å²) in [5, 5.41) is 14.1. The van der Waals surface area contributed by atoms with Crippen molar-refractivity contribution in [2.75, 3.05) is 40.9 Å². The molecule has 0 aliphatic rings. The second-order valence-electron chi connectivity index (χ2n) is 24.9. The molecule has 0 saturated heterocycles. The maximum atomic E-state index is 13.1. The number of carbonyl (C=O) groups excluding carboxylic acids is 1. The number of rotatable bonds is 64. The van der Waals surface area contributed by atoms with Crippen LogP contribution in [0.5, 0.6) is 0 Å². The van der Waals surface area contributed by atoms with E-state index in [0.29, 0.717) is 23.9 Å². The van der Waals surface area contributed by atoms with Gasteiger partial charge in [0.2, 0.25) is 5.91 Å². The van der Waals surface area contributed by atoms with Gasteiger partial charge in [-0.3, -0.25) is 13.8 Å². The van der Waals surface area contributed by atoms with Crippen LogP contribution in [-0.4, -0.2) is 73.4 Å². The molecule has 9 heteroatoms. The number of hydrogen-bond acceptors (Lipinski definition) is 5. The highest BCUT2D eigenvalue weighted by Crippen LogP contribution is 2.43. The van der Waals surface area contributed by atoms with E-state index >= 15 is 0 Å². The number of aliphatic hydroxyl groups is 1. The van der Waals surface area contributed by atoms with E-state index < -0.39 is 20.0 Å². The summed E-state index contributed by atoms with van der Waals surface area (Å²) in [6.45, 7) is 4.94. The summed E-state index contributed by atoms with van der Waals surface area (Å²) in [6, 6.07) is -0.760. The van der Waals surface area contributed by atoms with Gasteiger partial charge >= 0.3 is 7.82 Å². The predicted octanol–water partition coefficient (Wildman–Crippen LogP) is 21.5. The molecule has 0 saturated carbocycles. The first-order valence-corrected chi connectivity index (χ1v) is 35.7. The lowest BCUT2D eigenvalue weighted by molar-refractivity contribution is -0.870. The van der Waals surface area contributed by atoms with Crippen molar-refractivity contribution in [1.82, 2.24) is 5.32 Å². The third kappa shape index (κ3) is 62.4. The second kappa shape index (κ2) is 59.6. The number of phosphoric acid groups is 1. The largest absolute Gasteiger partial charge is 0.472 e. The number of amides is 1. The third-order valence-corrected chi connectivity index (χ3v) is 16.9. The highest BCUT2D eigenvalue weighted by molar-refractivity contribution is 7.47. The Morgan fingerprint density at radius 3 is 1.06 bits per heavy atom. The molecule has 0 aliphatic heterocycles. The summed E-state index contributed by atoms with van der Waals surface area (Å²) in [4.78, 5) is 23.4. The van der Waals surface area contributed by atoms with Crippen molar-refractivity contribution in [3.63, 3.8) is 0 Å². The molecule has 0 heterocycles. The first-order valence-electron chi connectivity index (χ1n) is 34.2. The molecular formula is C68H136N2O6P+. The molecule has 0 aliphatic carbocycles. The highest BCUT2D eigenvalue weighted by Gasteiger charge is 2.28. The molecule has 0 aromatic heterocycles. The first kappa shape index (κ1) is 76.0. The SMILES string of the molecule is CCCCCCC/C=C\C/C=C\CCCCCCCCCCCCCCCCCCCC(=O)NC(COP(=O)(O)OCC[N+](C)(C)C)C(O)CCCCCCCCCCCCCCCCCCCCCCCCCCCC. The number of aliphatic hydroxyl groups excluding tert-OH is 1. The van der Waals surface area contributed by atoms with Gasteiger partial charge in [0.15, 0.2) is 0 Å². The molecule has 0 bridgehead atoms. The molecule has 3 N–H and O–H groups in total. The predicted molar refractivity (Wildman–Crippen MR) is 337 cm³/mol. The van der Waals surface area contributed by atoms with Gasteiger partial charge in [-0.15, -0.1) is 0 Å². The summed E-state index contributed by atoms with van der Waals surface area (Å²) in [7, 11) is 1.63. The Balaban J connectivity index is 4.03. The van der Waals surface area contributed by atoms with Crippen LogP contribution in [0.2, 0.25) is 0 Å². The van der Waals surface area contributed by atoms with Gasteiger partial charge in [0.1, 0.15) is 13.2 Å². The number of nitrogens with one attached hydrogen (secondary N) is 1. The lowest BCUT2D eigenvalue weighted by Crippen LogP contribution is -2.46. The van der Waals surface area contributed by atoms with Gasteiger partial charge in [0.05, 0.1) is 39.9 Å². The van der Waals surface area contributed by atoms with Gasteiger partial charge in [-0.25, -0.2) is 4.57 Å². The van der Waals surface area contributed by atoms with Crippen molar-refractivity contribution in [2.24, 2.45) is 0 Å². The number of carbonyl (C=O) groups is 1. The number of quaternary nitrogens is 1. The van der Waals surface area contributed by atoms with Crippen LogP contribution >= 0.6 is 7.82 Å². The van der Waals surface area contributed by atoms with Gasteiger partial charge in [-0.2, -0.15) is 0 Å². The second-order valence-corrected chi connectivity index (χ2v) is 26.4. The van der Waals surface area contributed by atoms with E-state index in [1.807, 2.05) is 21.1 Å². The Kier molecular flexibility index (Phi) is 58.8. The Morgan fingerprint density at radius 2 is 0.740 bits per heavy atom. The van der Waals surface area contributed by atoms with Crippen LogP contribution in [0.15, 0.2) is 24.3 Å². The van der Waals surface area contributed by atoms with E-state index in [0.717, 1.165) is 44.9 Å². The summed E-state index contributed by atoms with van der Waals surface area (Å²) >= 11 is 0. The summed E-state index contributed by atoms with van der Waals surface area (Å²) in [5.41, 5.74) is 0. The van der Waals surface area contributed by atoms with Crippen molar-refractivity contribution in [1.29, 1.82) is 0 Å². The molecule has 3 atom stereocenters. The summed E-state index contributed by atoms with van der Waals surface area (Å²) < 4.78 is 23.9. The Hall–Kier alpha value is -1.02. The van der Waals surface area contributed by atoms with Crippen LogP contribution < -0.4 is 5.32 Å². The van der Waals surface area contributed by atoms with E-state index in [4.69, 9.17) is 9.05 Å². The minimum Gasteiger partial charge on any atom is -0.391 e. The zero-order chi connectivity index (χ0) is 56.3. The molecule has 0 aromatic rings. The molecule has 458 valence electrons. The number of likely N-dealkylation sites (N-methyl/N-ethyl adjacent to an activating group) is 1. The van der Waals surface area contributed by atoms with Crippen molar-refractivity contribution < 1.29 is 32.9 Å². The molecule has 0 fully saturated rings. The van der Waals surface area contributed by atoms with E-state index in [1.54, 1.807) is 0 Å². The Morgan fingerprint density at radius 1 is 0.442 bits per heavy atom. The third-order valence-electron chi connectivity index (χ3n) is 16.0. The Bertz CT molecular complexity index is 1300. The highest BCUT2D eigenvalue weighted by atomic mass is 31.2. The zero-order valence-electron chi connectivity index (χ0n) is 52.5. The molecule has 0 rings (SSSR count). The van der Waals surface area contributed by atoms with Gasteiger partial charge in [0.25, 0.3) is 0 Å². The number of hydrogen-bond donors (Lipinski definition) is 3. The van der Waals surface area contributed by atoms with Gasteiger partial charge in [0, 0.05) is 6.42 Å². The van der Waals surface area contributed by atoms with Gasteiger partial charge < -0.3 is 19.8 Å². The van der Waals surface area contributed by atoms with Gasteiger partial charge in [-0.05, 0) is 44.9 Å². The van der Waals surface area contributed by atoms with Crippen molar-refractivity contribution >= 4 is 13.7 Å². The maximum absolute atomic E-state index is 13.1. The standard InChI is InChI=1S/C68H135N2O6P/c1-6-8-10-12-14-16-18-20-22-24-26-28-30-32-34-35-36-38-40-42-44-46-48-50-52-54-56-58-60-62-68(72)69-66(65-76-77(73,74)75-64-63-70(3,4)5)67(71)61-59-57-55-53-51-49-47-45-43-41-39-37-33-31-29-27-25-23-21-19-17-15-13-11-9-7-2/h18,20,24,26,66-67,71H,6-17,19,21-23,25,27-65H2,1-5H3,(H-,69,72,73,74)/p+1/b20-18-,26-24-. The Labute approximate surface area is 481 Å². The van der Waals surface area contributed by atoms with Crippen molar-refractivity contribution in [3.8, 4) is 0 Å². The summed E-state index contributed by atoms with van der Waals surface area (Å²) in [5.74, 6) is -0.137. The number of phosphoric ester groups is 1. The molecule has 3 unspecified atom stereocenters. The van der Waals surface area contributed by atoms with Crippen LogP contribution in [0.4, 0.5) is 0 Å². The smallest absolute Gasteiger partial charge is 0.391 e.